The Labute approximate surface area is 62.3 Å². The van der Waals surface area contributed by atoms with Gasteiger partial charge in [0.2, 0.25) is 0 Å². The summed E-state index contributed by atoms with van der Waals surface area (Å²) in [6.45, 7) is 2.10. The van der Waals surface area contributed by atoms with E-state index in [0.29, 0.717) is 0 Å². The molecule has 0 aromatic heterocycles. The summed E-state index contributed by atoms with van der Waals surface area (Å²) in [6, 6.07) is 0. The van der Waals surface area contributed by atoms with Gasteiger partial charge in [0.1, 0.15) is 0 Å². The van der Waals surface area contributed by atoms with Crippen molar-refractivity contribution in [2.24, 2.45) is 0 Å². The normalized spacial score (nSPS) is 17.5. The van der Waals surface area contributed by atoms with E-state index in [1.54, 1.807) is 0 Å². The Morgan fingerprint density at radius 1 is 1.30 bits per heavy atom. The summed E-state index contributed by atoms with van der Waals surface area (Å²) in [7, 11) is 0. The van der Waals surface area contributed by atoms with Crippen molar-refractivity contribution in [1.82, 2.24) is 0 Å². The monoisotopic (exact) mass is 132 g/mol. The first-order valence-corrected chi connectivity index (χ1v) is 3.62. The maximum absolute atomic E-state index is 3.18. The summed E-state index contributed by atoms with van der Waals surface area (Å²) in [5.41, 5.74) is 4.47. The van der Waals surface area contributed by atoms with Crippen molar-refractivity contribution in [3.8, 4) is 0 Å². The molecule has 0 N–H and O–H groups in total. The van der Waals surface area contributed by atoms with Crippen molar-refractivity contribution in [2.75, 3.05) is 0 Å². The molecule has 1 aliphatic rings. The van der Waals surface area contributed by atoms with E-state index in [9.17, 15) is 0 Å². The third kappa shape index (κ3) is 2.52. The lowest BCUT2D eigenvalue weighted by molar-refractivity contribution is 1.20. The maximum atomic E-state index is 3.18. The molecule has 0 radical (unpaired) electrons. The first-order valence-electron chi connectivity index (χ1n) is 3.62. The zero-order valence-corrected chi connectivity index (χ0v) is 6.30. The molecule has 0 spiro atoms. The summed E-state index contributed by atoms with van der Waals surface area (Å²) in [6.07, 6.45) is 12.6. The quantitative estimate of drug-likeness (QED) is 0.351. The summed E-state index contributed by atoms with van der Waals surface area (Å²) in [5, 5.41) is 0. The molecule has 1 rings (SSSR count). The van der Waals surface area contributed by atoms with Gasteiger partial charge in [-0.05, 0) is 31.4 Å². The predicted molar refractivity (Wildman–Crippen MR) is 44.8 cm³/mol. The van der Waals surface area contributed by atoms with Gasteiger partial charge in [0.25, 0.3) is 0 Å². The summed E-state index contributed by atoms with van der Waals surface area (Å²) < 4.78 is 0. The van der Waals surface area contributed by atoms with E-state index < -0.39 is 0 Å². The Morgan fingerprint density at radius 3 is 3.10 bits per heavy atom. The van der Waals surface area contributed by atoms with E-state index in [1.807, 2.05) is 12.2 Å². The fourth-order valence-corrected chi connectivity index (χ4v) is 0.831. The molecule has 0 bridgehead atoms. The van der Waals surface area contributed by atoms with Crippen LogP contribution in [0.1, 0.15) is 19.8 Å². The molecule has 0 unspecified atom stereocenters. The summed E-state index contributed by atoms with van der Waals surface area (Å²) in [5.74, 6) is 0. The van der Waals surface area contributed by atoms with Crippen molar-refractivity contribution in [1.29, 1.82) is 0 Å². The molecule has 10 heavy (non-hydrogen) atoms. The van der Waals surface area contributed by atoms with Gasteiger partial charge in [-0.2, -0.15) is 0 Å². The van der Waals surface area contributed by atoms with Crippen molar-refractivity contribution in [3.63, 3.8) is 0 Å². The molecule has 0 heteroatoms. The van der Waals surface area contributed by atoms with Crippen molar-refractivity contribution >= 4 is 0 Å². The molecule has 0 fully saturated rings. The molecule has 0 aromatic carbocycles. The Hall–Kier alpha value is -1.00. The molecule has 0 nitrogen and oxygen atoms in total. The van der Waals surface area contributed by atoms with Crippen LogP contribution in [0.25, 0.3) is 0 Å². The Kier molecular flexibility index (Phi) is 2.79. The molecule has 0 saturated heterocycles. The first-order chi connectivity index (χ1) is 4.89. The van der Waals surface area contributed by atoms with Crippen molar-refractivity contribution < 1.29 is 0 Å². The zero-order valence-electron chi connectivity index (χ0n) is 6.30. The van der Waals surface area contributed by atoms with Crippen LogP contribution < -0.4 is 0 Å². The van der Waals surface area contributed by atoms with E-state index in [-0.39, 0.29) is 0 Å². The highest BCUT2D eigenvalue weighted by Crippen LogP contribution is 2.01. The van der Waals surface area contributed by atoms with E-state index in [1.165, 1.54) is 5.57 Å². The molecule has 0 aliphatic heterocycles. The Balaban J connectivity index is 2.74. The minimum atomic E-state index is 1.04. The average Bonchev–Trinajstić information content (AvgIpc) is 2.02. The van der Waals surface area contributed by atoms with Crippen LogP contribution in [0, 0.1) is 0 Å². The molecule has 0 atom stereocenters. The number of rotatable bonds is 0. The minimum Gasteiger partial charge on any atom is -0.122 e. The molecule has 52 valence electrons. The predicted octanol–water partition coefficient (Wildman–Crippen LogP) is 2.99. The highest BCUT2D eigenvalue weighted by atomic mass is 13.9. The molecular weight excluding hydrogens is 120 g/mol. The van der Waals surface area contributed by atoms with E-state index in [0.717, 1.165) is 12.8 Å². The second kappa shape index (κ2) is 3.92. The lowest BCUT2D eigenvalue weighted by Gasteiger charge is -1.86. The van der Waals surface area contributed by atoms with Gasteiger partial charge in [-0.1, -0.05) is 24.3 Å². The topological polar surface area (TPSA) is 0 Å². The average molecular weight is 132 g/mol. The number of hydrogen-bond donors (Lipinski definition) is 0. The summed E-state index contributed by atoms with van der Waals surface area (Å²) in [4.78, 5) is 0. The third-order valence-corrected chi connectivity index (χ3v) is 1.42. The van der Waals surface area contributed by atoms with Crippen LogP contribution in [-0.4, -0.2) is 0 Å². The summed E-state index contributed by atoms with van der Waals surface area (Å²) >= 11 is 0. The maximum Gasteiger partial charge on any atom is -0.00652 e. The fraction of sp³-hybridized carbons (Fsp3) is 0.300. The molecule has 0 amide bonds. The molecule has 0 aromatic rings. The zero-order chi connectivity index (χ0) is 7.23. The van der Waals surface area contributed by atoms with Crippen LogP contribution in [0.15, 0.2) is 41.7 Å². The Morgan fingerprint density at radius 2 is 2.20 bits per heavy atom. The fourth-order valence-electron chi connectivity index (χ4n) is 0.831. The smallest absolute Gasteiger partial charge is 0.00652 e. The third-order valence-electron chi connectivity index (χ3n) is 1.42. The lowest BCUT2D eigenvalue weighted by atomic mass is 10.2. The second-order valence-corrected chi connectivity index (χ2v) is 2.43. The lowest BCUT2D eigenvalue weighted by Crippen LogP contribution is -1.66. The molecular formula is C10H12. The van der Waals surface area contributed by atoms with Crippen LogP contribution in [0.2, 0.25) is 0 Å². The van der Waals surface area contributed by atoms with Crippen LogP contribution in [0.4, 0.5) is 0 Å². The SMILES string of the molecule is CC1=C=CC=CCC=CC1. The number of allylic oxidation sites excluding steroid dienone is 5. The van der Waals surface area contributed by atoms with Crippen LogP contribution in [0.5, 0.6) is 0 Å². The van der Waals surface area contributed by atoms with Gasteiger partial charge in [0.05, 0.1) is 0 Å². The van der Waals surface area contributed by atoms with Crippen molar-refractivity contribution in [3.05, 3.63) is 41.7 Å². The largest absolute Gasteiger partial charge is 0.122 e. The highest BCUT2D eigenvalue weighted by Gasteiger charge is 1.81. The number of hydrogen-bond acceptors (Lipinski definition) is 0. The van der Waals surface area contributed by atoms with Crippen LogP contribution >= 0.6 is 0 Å². The second-order valence-electron chi connectivity index (χ2n) is 2.43. The standard InChI is InChI=1S/C10H12/c1-10-8-6-4-2-3-5-7-9-10/h2,4-7H,3,9H2,1H3. The van der Waals surface area contributed by atoms with E-state index >= 15 is 0 Å². The van der Waals surface area contributed by atoms with Gasteiger partial charge in [0, 0.05) is 0 Å². The van der Waals surface area contributed by atoms with Gasteiger partial charge in [-0.25, -0.2) is 0 Å². The van der Waals surface area contributed by atoms with Gasteiger partial charge in [0.15, 0.2) is 0 Å². The first kappa shape index (κ1) is 7.11. The van der Waals surface area contributed by atoms with Crippen LogP contribution in [0.3, 0.4) is 0 Å². The highest BCUT2D eigenvalue weighted by molar-refractivity contribution is 5.13. The molecule has 0 heterocycles. The van der Waals surface area contributed by atoms with Gasteiger partial charge in [-0.3, -0.25) is 0 Å². The van der Waals surface area contributed by atoms with Crippen molar-refractivity contribution in [2.45, 2.75) is 19.8 Å². The van der Waals surface area contributed by atoms with E-state index in [2.05, 4.69) is 30.9 Å². The molecule has 0 saturated carbocycles. The van der Waals surface area contributed by atoms with Gasteiger partial charge < -0.3 is 0 Å². The van der Waals surface area contributed by atoms with Crippen LogP contribution in [-0.2, 0) is 0 Å². The van der Waals surface area contributed by atoms with E-state index in [4.69, 9.17) is 0 Å². The van der Waals surface area contributed by atoms with Gasteiger partial charge >= 0.3 is 0 Å². The minimum absolute atomic E-state index is 1.04. The Bertz CT molecular complexity index is 210. The van der Waals surface area contributed by atoms with Gasteiger partial charge in [-0.15, -0.1) is 5.73 Å². The molecule has 1 aliphatic carbocycles.